The molecule has 0 spiro atoms. The Morgan fingerprint density at radius 3 is 2.37 bits per heavy atom. The lowest BCUT2D eigenvalue weighted by Crippen LogP contribution is -2.29. The van der Waals surface area contributed by atoms with Crippen LogP contribution < -0.4 is 21.8 Å². The normalized spacial score (nSPS) is 14.1. The molecule has 1 heterocycles. The molecule has 1 aliphatic carbocycles. The lowest BCUT2D eigenvalue weighted by molar-refractivity contribution is 0.0824. The number of hydrogen-bond donors (Lipinski definition) is 5. The molecule has 5 N–H and O–H groups in total. The molecule has 1 aromatic heterocycles. The average molecular weight is 373 g/mol. The fraction of sp³-hybridized carbons (Fsp3) is 0.389. The van der Waals surface area contributed by atoms with Gasteiger partial charge < -0.3 is 20.6 Å². The van der Waals surface area contributed by atoms with E-state index in [1.807, 2.05) is 0 Å². The number of aromatic hydroxyl groups is 1. The first kappa shape index (κ1) is 18.6. The van der Waals surface area contributed by atoms with Crippen molar-refractivity contribution in [2.75, 3.05) is 24.7 Å². The zero-order valence-electron chi connectivity index (χ0n) is 15.3. The van der Waals surface area contributed by atoms with Crippen molar-refractivity contribution in [2.24, 2.45) is 0 Å². The zero-order chi connectivity index (χ0) is 19.6. The SMILES string of the molecule is CN(C)C(=O)c1cccc(Nc2c(NC3CCCC3)c(=O)[nH][nH]c2=O)c1O. The van der Waals surface area contributed by atoms with Crippen LogP contribution in [0.3, 0.4) is 0 Å². The van der Waals surface area contributed by atoms with Crippen LogP contribution in [0.25, 0.3) is 0 Å². The van der Waals surface area contributed by atoms with Crippen LogP contribution in [0.15, 0.2) is 27.8 Å². The van der Waals surface area contributed by atoms with E-state index in [9.17, 15) is 19.5 Å². The van der Waals surface area contributed by atoms with Gasteiger partial charge in [-0.2, -0.15) is 0 Å². The second-order valence-corrected chi connectivity index (χ2v) is 6.81. The Kier molecular flexibility index (Phi) is 5.20. The first-order valence-corrected chi connectivity index (χ1v) is 8.80. The topological polar surface area (TPSA) is 130 Å². The van der Waals surface area contributed by atoms with Crippen LogP contribution in [0, 0.1) is 0 Å². The molecule has 3 rings (SSSR count). The molecule has 2 aromatic rings. The van der Waals surface area contributed by atoms with Gasteiger partial charge in [-0.1, -0.05) is 18.9 Å². The number of carbonyl (C=O) groups is 1. The van der Waals surface area contributed by atoms with E-state index in [-0.39, 0.29) is 40.3 Å². The van der Waals surface area contributed by atoms with Crippen LogP contribution in [0.5, 0.6) is 5.75 Å². The molecular weight excluding hydrogens is 350 g/mol. The van der Waals surface area contributed by atoms with Crippen molar-refractivity contribution in [1.82, 2.24) is 15.1 Å². The van der Waals surface area contributed by atoms with Gasteiger partial charge in [0.2, 0.25) is 0 Å². The van der Waals surface area contributed by atoms with Crippen LogP contribution >= 0.6 is 0 Å². The van der Waals surface area contributed by atoms with Gasteiger partial charge in [0.15, 0.2) is 5.75 Å². The number of aromatic amines is 2. The first-order valence-electron chi connectivity index (χ1n) is 8.80. The minimum Gasteiger partial charge on any atom is -0.505 e. The van der Waals surface area contributed by atoms with Crippen molar-refractivity contribution in [3.63, 3.8) is 0 Å². The maximum Gasteiger partial charge on any atom is 0.288 e. The molecule has 144 valence electrons. The Morgan fingerprint density at radius 1 is 1.11 bits per heavy atom. The number of amides is 1. The van der Waals surface area contributed by atoms with E-state index < -0.39 is 11.1 Å². The summed E-state index contributed by atoms with van der Waals surface area (Å²) in [6, 6.07) is 4.72. The largest absolute Gasteiger partial charge is 0.505 e. The second-order valence-electron chi connectivity index (χ2n) is 6.81. The van der Waals surface area contributed by atoms with Crippen molar-refractivity contribution in [1.29, 1.82) is 0 Å². The molecule has 0 radical (unpaired) electrons. The fourth-order valence-corrected chi connectivity index (χ4v) is 3.19. The molecule has 1 saturated carbocycles. The van der Waals surface area contributed by atoms with Crippen LogP contribution in [0.1, 0.15) is 36.0 Å². The molecule has 1 amide bonds. The number of carbonyl (C=O) groups excluding carboxylic acids is 1. The lowest BCUT2D eigenvalue weighted by Gasteiger charge is -2.18. The molecule has 0 saturated heterocycles. The summed E-state index contributed by atoms with van der Waals surface area (Å²) in [5, 5.41) is 21.0. The van der Waals surface area contributed by atoms with Crippen LogP contribution in [0.2, 0.25) is 0 Å². The Bertz CT molecular complexity index is 957. The van der Waals surface area contributed by atoms with E-state index in [4.69, 9.17) is 0 Å². The molecule has 1 aliphatic rings. The standard InChI is InChI=1S/C18H23N5O4/c1-23(2)18(27)11-8-5-9-12(15(11)24)20-14-13(16(25)21-22-17(14)26)19-10-6-3-4-7-10/h5,8-10,24H,3-4,6-7H2,1-2H3,(H2,19,22,26)(H2,20,21,25). The monoisotopic (exact) mass is 373 g/mol. The van der Waals surface area contributed by atoms with E-state index in [1.165, 1.54) is 17.0 Å². The van der Waals surface area contributed by atoms with Crippen molar-refractivity contribution in [2.45, 2.75) is 31.7 Å². The van der Waals surface area contributed by atoms with Gasteiger partial charge in [0.05, 0.1) is 11.3 Å². The zero-order valence-corrected chi connectivity index (χ0v) is 15.3. The van der Waals surface area contributed by atoms with E-state index >= 15 is 0 Å². The van der Waals surface area contributed by atoms with Gasteiger partial charge in [-0.15, -0.1) is 0 Å². The number of anilines is 3. The third kappa shape index (κ3) is 3.81. The summed E-state index contributed by atoms with van der Waals surface area (Å²) in [6.07, 6.45) is 3.97. The van der Waals surface area contributed by atoms with Gasteiger partial charge in [-0.25, -0.2) is 0 Å². The number of benzene rings is 1. The Labute approximate surface area is 155 Å². The summed E-state index contributed by atoms with van der Waals surface area (Å²) in [5.74, 6) is -0.664. The highest BCUT2D eigenvalue weighted by atomic mass is 16.3. The highest BCUT2D eigenvalue weighted by Gasteiger charge is 2.21. The van der Waals surface area contributed by atoms with E-state index in [0.29, 0.717) is 0 Å². The van der Waals surface area contributed by atoms with Gasteiger partial charge in [0.25, 0.3) is 17.0 Å². The quantitative estimate of drug-likeness (QED) is 0.506. The average Bonchev–Trinajstić information content (AvgIpc) is 3.15. The molecule has 0 bridgehead atoms. The molecular formula is C18H23N5O4. The van der Waals surface area contributed by atoms with Gasteiger partial charge >= 0.3 is 0 Å². The highest BCUT2D eigenvalue weighted by molar-refractivity contribution is 5.98. The number of para-hydroxylation sites is 1. The molecule has 27 heavy (non-hydrogen) atoms. The summed E-state index contributed by atoms with van der Waals surface area (Å²) in [6.45, 7) is 0. The molecule has 0 unspecified atom stereocenters. The minimum absolute atomic E-state index is 0.00426. The summed E-state index contributed by atoms with van der Waals surface area (Å²) < 4.78 is 0. The summed E-state index contributed by atoms with van der Waals surface area (Å²) in [7, 11) is 3.15. The maximum atomic E-state index is 12.3. The molecule has 1 fully saturated rings. The van der Waals surface area contributed by atoms with Crippen LogP contribution in [-0.2, 0) is 0 Å². The fourth-order valence-electron chi connectivity index (χ4n) is 3.19. The van der Waals surface area contributed by atoms with Crippen LogP contribution in [0.4, 0.5) is 17.1 Å². The lowest BCUT2D eigenvalue weighted by atomic mass is 10.1. The Hall–Kier alpha value is -3.23. The van der Waals surface area contributed by atoms with Gasteiger partial charge in [0, 0.05) is 20.1 Å². The summed E-state index contributed by atoms with van der Waals surface area (Å²) >= 11 is 0. The van der Waals surface area contributed by atoms with Crippen molar-refractivity contribution >= 4 is 23.0 Å². The Morgan fingerprint density at radius 2 is 1.74 bits per heavy atom. The first-order chi connectivity index (χ1) is 12.9. The minimum atomic E-state index is -0.543. The van der Waals surface area contributed by atoms with Gasteiger partial charge in [-0.05, 0) is 25.0 Å². The van der Waals surface area contributed by atoms with E-state index in [1.54, 1.807) is 20.2 Å². The highest BCUT2D eigenvalue weighted by Crippen LogP contribution is 2.32. The second kappa shape index (κ2) is 7.56. The third-order valence-corrected chi connectivity index (χ3v) is 4.63. The maximum absolute atomic E-state index is 12.3. The number of aromatic nitrogens is 2. The summed E-state index contributed by atoms with van der Waals surface area (Å²) in [5.41, 5.74) is -0.641. The number of rotatable bonds is 5. The predicted molar refractivity (Wildman–Crippen MR) is 103 cm³/mol. The van der Waals surface area contributed by atoms with E-state index in [2.05, 4.69) is 20.8 Å². The van der Waals surface area contributed by atoms with Crippen LogP contribution in [-0.4, -0.2) is 46.2 Å². The molecule has 9 nitrogen and oxygen atoms in total. The van der Waals surface area contributed by atoms with Crippen molar-refractivity contribution in [3.8, 4) is 5.75 Å². The summed E-state index contributed by atoms with van der Waals surface area (Å²) in [4.78, 5) is 38.1. The molecule has 0 aliphatic heterocycles. The van der Waals surface area contributed by atoms with Crippen molar-refractivity contribution < 1.29 is 9.90 Å². The van der Waals surface area contributed by atoms with E-state index in [0.717, 1.165) is 25.7 Å². The third-order valence-electron chi connectivity index (χ3n) is 4.63. The number of phenolic OH excluding ortho intramolecular Hbond substituents is 1. The van der Waals surface area contributed by atoms with Gasteiger partial charge in [-0.3, -0.25) is 24.6 Å². The number of nitrogens with zero attached hydrogens (tertiary/aromatic N) is 1. The van der Waals surface area contributed by atoms with Crippen molar-refractivity contribution in [3.05, 3.63) is 44.5 Å². The smallest absolute Gasteiger partial charge is 0.288 e. The number of H-pyrrole nitrogens is 2. The van der Waals surface area contributed by atoms with Gasteiger partial charge in [0.1, 0.15) is 11.4 Å². The molecule has 9 heteroatoms. The molecule has 1 aromatic carbocycles. The number of nitrogens with one attached hydrogen (secondary N) is 4. The number of phenols is 1. The predicted octanol–water partition coefficient (Wildman–Crippen LogP) is 1.57. The Balaban J connectivity index is 2.00. The number of hydrogen-bond acceptors (Lipinski definition) is 6. The molecule has 0 atom stereocenters.